The third-order valence-corrected chi connectivity index (χ3v) is 3.20. The first kappa shape index (κ1) is 12.6. The third-order valence-electron chi connectivity index (χ3n) is 2.96. The second kappa shape index (κ2) is 4.94. The molecule has 6 heteroatoms. The Kier molecular flexibility index (Phi) is 3.12. The Hall–Kier alpha value is -2.40. The number of pyridine rings is 1. The number of aromatic nitrogens is 3. The number of halogens is 2. The fourth-order valence-corrected chi connectivity index (χ4v) is 2.21. The van der Waals surface area contributed by atoms with Crippen molar-refractivity contribution in [3.63, 3.8) is 0 Å². The maximum atomic E-state index is 14.1. The van der Waals surface area contributed by atoms with Gasteiger partial charge in [-0.3, -0.25) is 10.1 Å². The highest BCUT2D eigenvalue weighted by Gasteiger charge is 2.17. The summed E-state index contributed by atoms with van der Waals surface area (Å²) in [4.78, 5) is 3.95. The number of anilines is 1. The maximum Gasteiger partial charge on any atom is 0.153 e. The van der Waals surface area contributed by atoms with Gasteiger partial charge in [-0.05, 0) is 35.9 Å². The number of nitrogen functional groups attached to an aromatic ring is 1. The molecule has 0 saturated carbocycles. The molecule has 0 atom stereocenters. The van der Waals surface area contributed by atoms with Crippen LogP contribution in [0.4, 0.5) is 10.2 Å². The number of benzene rings is 1. The van der Waals surface area contributed by atoms with Gasteiger partial charge in [0.2, 0.25) is 0 Å². The van der Waals surface area contributed by atoms with Crippen LogP contribution in [0.5, 0.6) is 0 Å². The van der Waals surface area contributed by atoms with E-state index in [1.165, 1.54) is 6.07 Å². The molecule has 4 nitrogen and oxygen atoms in total. The summed E-state index contributed by atoms with van der Waals surface area (Å²) in [7, 11) is 0. The van der Waals surface area contributed by atoms with Gasteiger partial charge in [0, 0.05) is 23.0 Å². The van der Waals surface area contributed by atoms with E-state index >= 15 is 0 Å². The molecule has 0 radical (unpaired) electrons. The summed E-state index contributed by atoms with van der Waals surface area (Å²) < 4.78 is 14.1. The standard InChI is InChI=1S/C14H10ClFN4/c15-9-1-2-10(11(16)7-9)13-12(14(17)20-19-13)8-3-5-18-6-4-8/h1-7H,(H3,17,19,20). The lowest BCUT2D eigenvalue weighted by Gasteiger charge is -2.06. The molecule has 0 aliphatic carbocycles. The summed E-state index contributed by atoms with van der Waals surface area (Å²) in [6.07, 6.45) is 3.29. The quantitative estimate of drug-likeness (QED) is 0.758. The Morgan fingerprint density at radius 1 is 1.15 bits per heavy atom. The molecule has 3 N–H and O–H groups in total. The molecule has 3 rings (SSSR count). The Morgan fingerprint density at radius 2 is 1.90 bits per heavy atom. The van der Waals surface area contributed by atoms with Crippen LogP contribution in [0.1, 0.15) is 0 Å². The van der Waals surface area contributed by atoms with Crippen LogP contribution in [-0.4, -0.2) is 15.2 Å². The van der Waals surface area contributed by atoms with Crippen molar-refractivity contribution in [1.29, 1.82) is 0 Å². The minimum atomic E-state index is -0.434. The Labute approximate surface area is 119 Å². The number of H-pyrrole nitrogens is 1. The monoisotopic (exact) mass is 288 g/mol. The molecular formula is C14H10ClFN4. The minimum absolute atomic E-state index is 0.306. The number of hydrogen-bond donors (Lipinski definition) is 2. The third kappa shape index (κ3) is 2.12. The topological polar surface area (TPSA) is 67.6 Å². The van der Waals surface area contributed by atoms with Crippen molar-refractivity contribution in [2.45, 2.75) is 0 Å². The summed E-state index contributed by atoms with van der Waals surface area (Å²) in [5, 5.41) is 7.07. The highest BCUT2D eigenvalue weighted by Crippen LogP contribution is 2.35. The average molecular weight is 289 g/mol. The van der Waals surface area contributed by atoms with E-state index in [0.29, 0.717) is 27.7 Å². The van der Waals surface area contributed by atoms with Gasteiger partial charge in [0.25, 0.3) is 0 Å². The number of hydrogen-bond acceptors (Lipinski definition) is 3. The van der Waals surface area contributed by atoms with E-state index in [-0.39, 0.29) is 0 Å². The Balaban J connectivity index is 2.21. The normalized spacial score (nSPS) is 10.7. The van der Waals surface area contributed by atoms with Crippen LogP contribution in [-0.2, 0) is 0 Å². The van der Waals surface area contributed by atoms with Gasteiger partial charge in [0.1, 0.15) is 5.82 Å². The molecule has 2 aromatic heterocycles. The maximum absolute atomic E-state index is 14.1. The number of nitrogens with two attached hydrogens (primary N) is 1. The highest BCUT2D eigenvalue weighted by molar-refractivity contribution is 6.30. The predicted octanol–water partition coefficient (Wildman–Crippen LogP) is 3.51. The molecule has 0 amide bonds. The highest BCUT2D eigenvalue weighted by atomic mass is 35.5. The van der Waals surface area contributed by atoms with E-state index in [2.05, 4.69) is 15.2 Å². The molecule has 0 bridgehead atoms. The summed E-state index contributed by atoms with van der Waals surface area (Å²) in [5.41, 5.74) is 8.22. The van der Waals surface area contributed by atoms with E-state index in [1.54, 1.807) is 36.7 Å². The number of aromatic amines is 1. The fourth-order valence-electron chi connectivity index (χ4n) is 2.05. The van der Waals surface area contributed by atoms with E-state index in [9.17, 15) is 4.39 Å². The summed E-state index contributed by atoms with van der Waals surface area (Å²) in [6.45, 7) is 0. The van der Waals surface area contributed by atoms with E-state index < -0.39 is 5.82 Å². The van der Waals surface area contributed by atoms with E-state index in [1.807, 2.05) is 0 Å². The van der Waals surface area contributed by atoms with Crippen LogP contribution in [0.3, 0.4) is 0 Å². The van der Waals surface area contributed by atoms with Gasteiger partial charge in [-0.2, -0.15) is 5.10 Å². The van der Waals surface area contributed by atoms with Gasteiger partial charge < -0.3 is 5.73 Å². The number of nitrogens with zero attached hydrogens (tertiary/aromatic N) is 2. The van der Waals surface area contributed by atoms with Crippen molar-refractivity contribution in [2.24, 2.45) is 0 Å². The first-order valence-corrected chi connectivity index (χ1v) is 6.24. The van der Waals surface area contributed by atoms with Crippen molar-refractivity contribution in [3.05, 3.63) is 53.6 Å². The zero-order valence-electron chi connectivity index (χ0n) is 10.3. The molecule has 0 saturated heterocycles. The Morgan fingerprint density at radius 3 is 2.60 bits per heavy atom. The summed E-state index contributed by atoms with van der Waals surface area (Å²) in [5.74, 6) is -0.128. The molecule has 3 aromatic rings. The molecular weight excluding hydrogens is 279 g/mol. The summed E-state index contributed by atoms with van der Waals surface area (Å²) in [6, 6.07) is 8.05. The van der Waals surface area contributed by atoms with E-state index in [4.69, 9.17) is 17.3 Å². The zero-order chi connectivity index (χ0) is 14.1. The minimum Gasteiger partial charge on any atom is -0.382 e. The average Bonchev–Trinajstić information content (AvgIpc) is 2.81. The van der Waals surface area contributed by atoms with Crippen LogP contribution in [0.15, 0.2) is 42.7 Å². The molecule has 0 spiro atoms. The lowest BCUT2D eigenvalue weighted by molar-refractivity contribution is 0.631. The second-order valence-electron chi connectivity index (χ2n) is 4.22. The molecule has 100 valence electrons. The van der Waals surface area contributed by atoms with Crippen LogP contribution >= 0.6 is 11.6 Å². The largest absolute Gasteiger partial charge is 0.382 e. The molecule has 1 aromatic carbocycles. The van der Waals surface area contributed by atoms with Gasteiger partial charge in [0.05, 0.1) is 11.3 Å². The van der Waals surface area contributed by atoms with Crippen molar-refractivity contribution < 1.29 is 4.39 Å². The molecule has 0 unspecified atom stereocenters. The zero-order valence-corrected chi connectivity index (χ0v) is 11.0. The van der Waals surface area contributed by atoms with Gasteiger partial charge in [-0.1, -0.05) is 11.6 Å². The fraction of sp³-hybridized carbons (Fsp3) is 0. The second-order valence-corrected chi connectivity index (χ2v) is 4.66. The molecule has 2 heterocycles. The molecule has 0 aliphatic heterocycles. The SMILES string of the molecule is Nc1n[nH]c(-c2ccc(Cl)cc2F)c1-c1ccncc1. The molecule has 0 fully saturated rings. The molecule has 0 aliphatic rings. The summed E-state index contributed by atoms with van der Waals surface area (Å²) >= 11 is 5.77. The lowest BCUT2D eigenvalue weighted by Crippen LogP contribution is -1.90. The smallest absolute Gasteiger partial charge is 0.153 e. The first-order chi connectivity index (χ1) is 9.66. The predicted molar refractivity (Wildman–Crippen MR) is 76.6 cm³/mol. The van der Waals surface area contributed by atoms with Crippen LogP contribution in [0.25, 0.3) is 22.4 Å². The van der Waals surface area contributed by atoms with Gasteiger partial charge in [-0.15, -0.1) is 0 Å². The molecule has 20 heavy (non-hydrogen) atoms. The first-order valence-electron chi connectivity index (χ1n) is 5.86. The Bertz CT molecular complexity index is 755. The van der Waals surface area contributed by atoms with Crippen LogP contribution in [0, 0.1) is 5.82 Å². The van der Waals surface area contributed by atoms with Gasteiger partial charge >= 0.3 is 0 Å². The van der Waals surface area contributed by atoms with Crippen molar-refractivity contribution >= 4 is 17.4 Å². The van der Waals surface area contributed by atoms with Gasteiger partial charge in [-0.25, -0.2) is 4.39 Å². The van der Waals surface area contributed by atoms with Crippen molar-refractivity contribution in [3.8, 4) is 22.4 Å². The van der Waals surface area contributed by atoms with Crippen molar-refractivity contribution in [2.75, 3.05) is 5.73 Å². The van der Waals surface area contributed by atoms with Crippen molar-refractivity contribution in [1.82, 2.24) is 15.2 Å². The number of nitrogens with one attached hydrogen (secondary N) is 1. The lowest BCUT2D eigenvalue weighted by atomic mass is 10.0. The van der Waals surface area contributed by atoms with Crippen LogP contribution < -0.4 is 5.73 Å². The van der Waals surface area contributed by atoms with Gasteiger partial charge in [0.15, 0.2) is 5.82 Å². The van der Waals surface area contributed by atoms with Crippen LogP contribution in [0.2, 0.25) is 5.02 Å². The van der Waals surface area contributed by atoms with E-state index in [0.717, 1.165) is 5.56 Å². The number of rotatable bonds is 2.